The summed E-state index contributed by atoms with van der Waals surface area (Å²) >= 11 is 0. The lowest BCUT2D eigenvalue weighted by atomic mass is 9.65. The van der Waals surface area contributed by atoms with Gasteiger partial charge in [-0.25, -0.2) is 0 Å². The van der Waals surface area contributed by atoms with Crippen LogP contribution in [0.1, 0.15) is 32.6 Å². The van der Waals surface area contributed by atoms with Crippen LogP contribution in [0.4, 0.5) is 0 Å². The van der Waals surface area contributed by atoms with E-state index in [-0.39, 0.29) is 11.3 Å². The summed E-state index contributed by atoms with van der Waals surface area (Å²) in [4.78, 5) is 11.1. The Hall–Kier alpha value is -0.570. The molecule has 1 saturated carbocycles. The number of aliphatic carboxylic acids is 1. The molecule has 2 rings (SSSR count). The van der Waals surface area contributed by atoms with Crippen molar-refractivity contribution in [3.8, 4) is 0 Å². The maximum atomic E-state index is 11.1. The van der Waals surface area contributed by atoms with Crippen LogP contribution in [0.15, 0.2) is 0 Å². The van der Waals surface area contributed by atoms with Crippen molar-refractivity contribution in [3.63, 3.8) is 0 Å². The average Bonchev–Trinajstić information content (AvgIpc) is 2.48. The van der Waals surface area contributed by atoms with Gasteiger partial charge in [0.05, 0.1) is 5.92 Å². The van der Waals surface area contributed by atoms with Crippen molar-refractivity contribution in [2.24, 2.45) is 17.3 Å². The molecule has 1 heterocycles. The van der Waals surface area contributed by atoms with E-state index in [1.54, 1.807) is 0 Å². The third-order valence-corrected chi connectivity index (χ3v) is 3.99. The summed E-state index contributed by atoms with van der Waals surface area (Å²) in [5.41, 5.74) is 0.0729. The van der Waals surface area contributed by atoms with Gasteiger partial charge in [-0.05, 0) is 24.2 Å². The van der Waals surface area contributed by atoms with Crippen LogP contribution in [-0.2, 0) is 4.79 Å². The van der Waals surface area contributed by atoms with Crippen LogP contribution in [-0.4, -0.2) is 24.2 Å². The third-order valence-electron chi connectivity index (χ3n) is 3.99. The average molecular weight is 197 g/mol. The molecule has 0 aromatic rings. The largest absolute Gasteiger partial charge is 0.481 e. The highest BCUT2D eigenvalue weighted by molar-refractivity contribution is 5.72. The van der Waals surface area contributed by atoms with Crippen molar-refractivity contribution in [2.75, 3.05) is 13.1 Å². The molecule has 3 nitrogen and oxygen atoms in total. The van der Waals surface area contributed by atoms with Gasteiger partial charge < -0.3 is 10.4 Å². The Kier molecular flexibility index (Phi) is 2.52. The fourth-order valence-corrected chi connectivity index (χ4v) is 3.33. The van der Waals surface area contributed by atoms with E-state index < -0.39 is 5.97 Å². The summed E-state index contributed by atoms with van der Waals surface area (Å²) in [6.45, 7) is 3.83. The number of carboxylic acids is 1. The van der Waals surface area contributed by atoms with Gasteiger partial charge in [-0.3, -0.25) is 4.79 Å². The summed E-state index contributed by atoms with van der Waals surface area (Å²) < 4.78 is 0. The summed E-state index contributed by atoms with van der Waals surface area (Å²) in [6, 6.07) is 0. The minimum absolute atomic E-state index is 0.0729. The van der Waals surface area contributed by atoms with Crippen LogP contribution < -0.4 is 5.32 Å². The van der Waals surface area contributed by atoms with E-state index in [0.717, 1.165) is 19.4 Å². The molecule has 1 aliphatic carbocycles. The van der Waals surface area contributed by atoms with Crippen molar-refractivity contribution >= 4 is 5.97 Å². The van der Waals surface area contributed by atoms with Gasteiger partial charge in [-0.2, -0.15) is 0 Å². The highest BCUT2D eigenvalue weighted by atomic mass is 16.4. The molecule has 3 atom stereocenters. The van der Waals surface area contributed by atoms with Gasteiger partial charge in [-0.15, -0.1) is 0 Å². The third kappa shape index (κ3) is 1.54. The number of carboxylic acid groups (broad SMARTS) is 1. The lowest BCUT2D eigenvalue weighted by Gasteiger charge is -2.39. The Labute approximate surface area is 84.9 Å². The highest BCUT2D eigenvalue weighted by Gasteiger charge is 2.48. The molecule has 3 heteroatoms. The van der Waals surface area contributed by atoms with Crippen molar-refractivity contribution in [2.45, 2.75) is 32.6 Å². The fourth-order valence-electron chi connectivity index (χ4n) is 3.33. The smallest absolute Gasteiger partial charge is 0.308 e. The van der Waals surface area contributed by atoms with Crippen molar-refractivity contribution in [1.82, 2.24) is 5.32 Å². The van der Waals surface area contributed by atoms with Gasteiger partial charge in [-0.1, -0.05) is 19.8 Å². The zero-order valence-corrected chi connectivity index (χ0v) is 8.75. The number of hydrogen-bond donors (Lipinski definition) is 2. The van der Waals surface area contributed by atoms with Crippen LogP contribution >= 0.6 is 0 Å². The zero-order valence-electron chi connectivity index (χ0n) is 8.75. The Balaban J connectivity index is 2.16. The first-order valence-electron chi connectivity index (χ1n) is 5.57. The molecular formula is C11H19NO2. The molecule has 1 unspecified atom stereocenters. The first kappa shape index (κ1) is 9.97. The molecule has 0 aromatic heterocycles. The molecular weight excluding hydrogens is 178 g/mol. The minimum atomic E-state index is -0.607. The van der Waals surface area contributed by atoms with Crippen LogP contribution in [0.2, 0.25) is 0 Å². The van der Waals surface area contributed by atoms with E-state index in [1.807, 2.05) is 0 Å². The Morgan fingerprint density at radius 3 is 3.00 bits per heavy atom. The second-order valence-electron chi connectivity index (χ2n) is 5.09. The molecule has 14 heavy (non-hydrogen) atoms. The molecule has 0 amide bonds. The van der Waals surface area contributed by atoms with E-state index >= 15 is 0 Å². The van der Waals surface area contributed by atoms with Gasteiger partial charge in [0, 0.05) is 13.1 Å². The maximum absolute atomic E-state index is 11.1. The summed E-state index contributed by atoms with van der Waals surface area (Å²) in [5.74, 6) is -0.0557. The van der Waals surface area contributed by atoms with E-state index in [4.69, 9.17) is 0 Å². The summed E-state index contributed by atoms with van der Waals surface area (Å²) in [7, 11) is 0. The molecule has 2 N–H and O–H groups in total. The fraction of sp³-hybridized carbons (Fsp3) is 0.909. The van der Waals surface area contributed by atoms with E-state index in [0.29, 0.717) is 12.5 Å². The number of hydrogen-bond acceptors (Lipinski definition) is 2. The topological polar surface area (TPSA) is 49.3 Å². The van der Waals surface area contributed by atoms with Crippen molar-refractivity contribution < 1.29 is 9.90 Å². The molecule has 2 fully saturated rings. The monoisotopic (exact) mass is 197 g/mol. The second kappa shape index (κ2) is 3.54. The van der Waals surface area contributed by atoms with E-state index in [9.17, 15) is 9.90 Å². The zero-order chi connectivity index (χ0) is 10.2. The van der Waals surface area contributed by atoms with E-state index in [2.05, 4.69) is 12.2 Å². The van der Waals surface area contributed by atoms with Crippen LogP contribution in [0.3, 0.4) is 0 Å². The first-order chi connectivity index (χ1) is 6.64. The van der Waals surface area contributed by atoms with Gasteiger partial charge >= 0.3 is 5.97 Å². The predicted molar refractivity (Wildman–Crippen MR) is 54.1 cm³/mol. The normalized spacial score (nSPS) is 42.9. The molecule has 0 radical (unpaired) electrons. The van der Waals surface area contributed by atoms with E-state index in [1.165, 1.54) is 12.8 Å². The number of rotatable bonds is 1. The molecule has 0 aromatic carbocycles. The predicted octanol–water partition coefficient (Wildman–Crippen LogP) is 1.49. The highest BCUT2D eigenvalue weighted by Crippen LogP contribution is 2.46. The second-order valence-corrected chi connectivity index (χ2v) is 5.09. The van der Waals surface area contributed by atoms with Gasteiger partial charge in [0.1, 0.15) is 0 Å². The van der Waals surface area contributed by atoms with Gasteiger partial charge in [0.2, 0.25) is 0 Å². The summed E-state index contributed by atoms with van der Waals surface area (Å²) in [5, 5.41) is 12.4. The van der Waals surface area contributed by atoms with Crippen LogP contribution in [0.5, 0.6) is 0 Å². The first-order valence-corrected chi connectivity index (χ1v) is 5.57. The Morgan fingerprint density at radius 2 is 2.36 bits per heavy atom. The van der Waals surface area contributed by atoms with Crippen molar-refractivity contribution in [1.29, 1.82) is 0 Å². The Morgan fingerprint density at radius 1 is 1.57 bits per heavy atom. The SMILES string of the molecule is CC1CCC[C@@]2(CNC[C@@H]2C(=O)O)C1. The van der Waals surface area contributed by atoms with Gasteiger partial charge in [0.15, 0.2) is 0 Å². The molecule has 2 aliphatic rings. The molecule has 80 valence electrons. The summed E-state index contributed by atoms with van der Waals surface area (Å²) in [6.07, 6.45) is 4.67. The number of nitrogens with one attached hydrogen (secondary N) is 1. The number of carbonyl (C=O) groups is 1. The standard InChI is InChI=1S/C11H19NO2/c1-8-3-2-4-11(5-8)7-12-6-9(11)10(13)14/h8-9,12H,2-7H2,1H3,(H,13,14)/t8?,9-,11+/m1/s1. The van der Waals surface area contributed by atoms with Crippen LogP contribution in [0, 0.1) is 17.3 Å². The molecule has 1 spiro atoms. The quantitative estimate of drug-likeness (QED) is 0.669. The maximum Gasteiger partial charge on any atom is 0.308 e. The molecule has 1 aliphatic heterocycles. The minimum Gasteiger partial charge on any atom is -0.481 e. The van der Waals surface area contributed by atoms with Crippen molar-refractivity contribution in [3.05, 3.63) is 0 Å². The van der Waals surface area contributed by atoms with Gasteiger partial charge in [0.25, 0.3) is 0 Å². The Bertz CT molecular complexity index is 241. The van der Waals surface area contributed by atoms with Crippen LogP contribution in [0.25, 0.3) is 0 Å². The lowest BCUT2D eigenvalue weighted by Crippen LogP contribution is -2.38. The molecule has 0 bridgehead atoms. The molecule has 1 saturated heterocycles. The lowest BCUT2D eigenvalue weighted by molar-refractivity contribution is -0.145.